The van der Waals surface area contributed by atoms with Crippen LogP contribution >= 0.6 is 34.8 Å². The maximum absolute atomic E-state index is 12.6. The van der Waals surface area contributed by atoms with Gasteiger partial charge in [-0.2, -0.15) is 18.3 Å². The first kappa shape index (κ1) is 23.0. The van der Waals surface area contributed by atoms with Gasteiger partial charge in [0.05, 0.1) is 10.7 Å². The number of carboxylic acid groups (broad SMARTS) is 1. The molecule has 0 bridgehead atoms. The van der Waals surface area contributed by atoms with Gasteiger partial charge in [-0.15, -0.1) is 6.54 Å². The van der Waals surface area contributed by atoms with Gasteiger partial charge in [-0.1, -0.05) is 52.5 Å². The lowest BCUT2D eigenvalue weighted by Gasteiger charge is -2.07. The summed E-state index contributed by atoms with van der Waals surface area (Å²) in [6, 6.07) is 11.8. The number of benzene rings is 2. The van der Waals surface area contributed by atoms with Gasteiger partial charge in [-0.3, -0.25) is 0 Å². The number of aromatic carboxylic acids is 1. The predicted molar refractivity (Wildman–Crippen MR) is 105 cm³/mol. The summed E-state index contributed by atoms with van der Waals surface area (Å²) in [7, 11) is 0. The fraction of sp³-hybridized carbons (Fsp3) is 0.111. The Labute approximate surface area is 178 Å². The SMILES string of the molecule is O=C(O)c1cc(C(F)(F)F)nn1-c1cc(Cl)ccc1Cl.[NH-]Cc1cccc(Cl)c1. The van der Waals surface area contributed by atoms with Crippen molar-refractivity contribution in [2.75, 3.05) is 0 Å². The van der Waals surface area contributed by atoms with Crippen LogP contribution in [-0.4, -0.2) is 20.9 Å². The van der Waals surface area contributed by atoms with E-state index < -0.39 is 23.5 Å². The number of nitrogens with zero attached hydrogens (tertiary/aromatic N) is 2. The zero-order valence-corrected chi connectivity index (χ0v) is 16.6. The molecular weight excluding hydrogens is 454 g/mol. The van der Waals surface area contributed by atoms with E-state index in [4.69, 9.17) is 45.6 Å². The Morgan fingerprint density at radius 1 is 1.07 bits per heavy atom. The molecule has 0 saturated carbocycles. The van der Waals surface area contributed by atoms with Crippen LogP contribution in [0.5, 0.6) is 0 Å². The van der Waals surface area contributed by atoms with E-state index in [0.717, 1.165) is 5.56 Å². The minimum Gasteiger partial charge on any atom is -0.674 e. The number of alkyl halides is 3. The highest BCUT2D eigenvalue weighted by atomic mass is 35.5. The monoisotopic (exact) mass is 464 g/mol. The molecule has 0 atom stereocenters. The topological polar surface area (TPSA) is 78.9 Å². The molecule has 0 fully saturated rings. The van der Waals surface area contributed by atoms with E-state index in [1.54, 1.807) is 12.1 Å². The molecule has 0 spiro atoms. The van der Waals surface area contributed by atoms with E-state index in [9.17, 15) is 18.0 Å². The van der Waals surface area contributed by atoms with Crippen LogP contribution in [-0.2, 0) is 12.7 Å². The Morgan fingerprint density at radius 2 is 1.72 bits per heavy atom. The molecule has 2 aromatic carbocycles. The number of rotatable bonds is 3. The Bertz CT molecular complexity index is 1020. The number of hydrogen-bond donors (Lipinski definition) is 1. The summed E-state index contributed by atoms with van der Waals surface area (Å²) in [5, 5.41) is 13.1. The van der Waals surface area contributed by atoms with Gasteiger partial charge in [0.25, 0.3) is 0 Å². The summed E-state index contributed by atoms with van der Waals surface area (Å²) in [6.07, 6.45) is -4.76. The zero-order chi connectivity index (χ0) is 21.8. The second kappa shape index (κ2) is 9.49. The van der Waals surface area contributed by atoms with Gasteiger partial charge in [0.15, 0.2) is 11.4 Å². The minimum absolute atomic E-state index is 0.0220. The molecule has 3 aromatic rings. The number of halogens is 6. The van der Waals surface area contributed by atoms with Gasteiger partial charge in [0.2, 0.25) is 0 Å². The lowest BCUT2D eigenvalue weighted by atomic mass is 10.2. The number of carboxylic acids is 1. The van der Waals surface area contributed by atoms with Crippen LogP contribution in [0.1, 0.15) is 21.7 Å². The van der Waals surface area contributed by atoms with Gasteiger partial charge in [-0.05, 0) is 30.3 Å². The molecule has 1 heterocycles. The summed E-state index contributed by atoms with van der Waals surface area (Å²) < 4.78 is 38.4. The molecule has 2 N–H and O–H groups in total. The summed E-state index contributed by atoms with van der Waals surface area (Å²) in [4.78, 5) is 11.0. The van der Waals surface area contributed by atoms with Crippen LogP contribution in [0.4, 0.5) is 13.2 Å². The molecule has 0 aliphatic carbocycles. The van der Waals surface area contributed by atoms with Crippen molar-refractivity contribution in [2.45, 2.75) is 12.7 Å². The Kier molecular flexibility index (Phi) is 7.54. The molecule has 29 heavy (non-hydrogen) atoms. The van der Waals surface area contributed by atoms with Crippen LogP contribution in [0, 0.1) is 0 Å². The average Bonchev–Trinajstić information content (AvgIpc) is 3.10. The molecule has 0 aliphatic heterocycles. The molecule has 0 unspecified atom stereocenters. The maximum Gasteiger partial charge on any atom is 0.435 e. The molecule has 3 rings (SSSR count). The summed E-state index contributed by atoms with van der Waals surface area (Å²) >= 11 is 17.2. The van der Waals surface area contributed by atoms with Crippen LogP contribution in [0.15, 0.2) is 48.5 Å². The Hall–Kier alpha value is -2.26. The lowest BCUT2D eigenvalue weighted by molar-refractivity contribution is -0.141. The largest absolute Gasteiger partial charge is 0.674 e. The summed E-state index contributed by atoms with van der Waals surface area (Å²) in [6.45, 7) is 0.306. The molecular formula is C18H12Cl3F3N3O2-. The molecule has 1 aromatic heterocycles. The van der Waals surface area contributed by atoms with Crippen LogP contribution in [0.25, 0.3) is 11.4 Å². The summed E-state index contributed by atoms with van der Waals surface area (Å²) in [5.74, 6) is -1.57. The van der Waals surface area contributed by atoms with Crippen molar-refractivity contribution >= 4 is 40.8 Å². The first-order valence-electron chi connectivity index (χ1n) is 7.78. The molecule has 0 radical (unpaired) electrons. The average molecular weight is 466 g/mol. The molecule has 0 aliphatic rings. The van der Waals surface area contributed by atoms with Crippen molar-refractivity contribution in [3.8, 4) is 5.69 Å². The molecule has 11 heteroatoms. The normalized spacial score (nSPS) is 11.0. The van der Waals surface area contributed by atoms with Gasteiger partial charge in [0.1, 0.15) is 0 Å². The third-order valence-electron chi connectivity index (χ3n) is 3.45. The van der Waals surface area contributed by atoms with Crippen molar-refractivity contribution in [1.29, 1.82) is 0 Å². The zero-order valence-electron chi connectivity index (χ0n) is 14.3. The minimum atomic E-state index is -4.76. The van der Waals surface area contributed by atoms with E-state index >= 15 is 0 Å². The Balaban J connectivity index is 0.000000278. The summed E-state index contributed by atoms with van der Waals surface area (Å²) in [5.41, 5.74) is 5.90. The number of carbonyl (C=O) groups is 1. The molecule has 154 valence electrons. The highest BCUT2D eigenvalue weighted by molar-refractivity contribution is 6.34. The van der Waals surface area contributed by atoms with E-state index in [1.165, 1.54) is 18.2 Å². The van der Waals surface area contributed by atoms with Gasteiger partial charge < -0.3 is 10.8 Å². The van der Waals surface area contributed by atoms with Crippen LogP contribution in [0.2, 0.25) is 15.1 Å². The third-order valence-corrected chi connectivity index (χ3v) is 4.24. The fourth-order valence-corrected chi connectivity index (χ4v) is 2.73. The Morgan fingerprint density at radius 3 is 2.24 bits per heavy atom. The second-order valence-corrected chi connectivity index (χ2v) is 6.81. The molecule has 0 saturated heterocycles. The second-order valence-electron chi connectivity index (χ2n) is 5.53. The van der Waals surface area contributed by atoms with Crippen molar-refractivity contribution in [1.82, 2.24) is 9.78 Å². The van der Waals surface area contributed by atoms with Gasteiger partial charge in [-0.25, -0.2) is 9.48 Å². The van der Waals surface area contributed by atoms with Crippen molar-refractivity contribution < 1.29 is 23.1 Å². The smallest absolute Gasteiger partial charge is 0.435 e. The van der Waals surface area contributed by atoms with Gasteiger partial charge >= 0.3 is 12.1 Å². The van der Waals surface area contributed by atoms with Crippen LogP contribution in [0.3, 0.4) is 0 Å². The predicted octanol–water partition coefficient (Wildman–Crippen LogP) is 6.79. The van der Waals surface area contributed by atoms with Crippen LogP contribution < -0.4 is 0 Å². The number of aromatic nitrogens is 2. The van der Waals surface area contributed by atoms with E-state index in [1.807, 2.05) is 12.1 Å². The van der Waals surface area contributed by atoms with Crippen molar-refractivity contribution in [3.05, 3.63) is 86.3 Å². The third kappa shape index (κ3) is 6.11. The van der Waals surface area contributed by atoms with Crippen molar-refractivity contribution in [3.63, 3.8) is 0 Å². The number of hydrogen-bond acceptors (Lipinski definition) is 2. The van der Waals surface area contributed by atoms with Gasteiger partial charge in [0, 0.05) is 16.1 Å². The molecule has 0 amide bonds. The molecule has 5 nitrogen and oxygen atoms in total. The lowest BCUT2D eigenvalue weighted by Crippen LogP contribution is -2.09. The number of nitrogens with one attached hydrogen (secondary N) is 1. The highest BCUT2D eigenvalue weighted by Crippen LogP contribution is 2.31. The fourth-order valence-electron chi connectivity index (χ4n) is 2.15. The first-order valence-corrected chi connectivity index (χ1v) is 8.91. The van der Waals surface area contributed by atoms with E-state index in [2.05, 4.69) is 5.10 Å². The first-order chi connectivity index (χ1) is 13.5. The van der Waals surface area contributed by atoms with E-state index in [-0.39, 0.29) is 15.7 Å². The van der Waals surface area contributed by atoms with Crippen molar-refractivity contribution in [2.24, 2.45) is 0 Å². The quantitative estimate of drug-likeness (QED) is 0.462. The highest BCUT2D eigenvalue weighted by Gasteiger charge is 2.36. The standard InChI is InChI=1S/C11H5Cl2F3N2O2.C7H7ClN/c12-5-1-2-6(13)7(3-5)18-8(10(19)20)4-9(17-18)11(14,15)16;8-7-3-1-2-6(4-7)5-9/h1-4H,(H,19,20);1-4,9H,5H2/q;-1. The maximum atomic E-state index is 12.6. The van der Waals surface area contributed by atoms with E-state index in [0.29, 0.717) is 22.3 Å².